The first-order chi connectivity index (χ1) is 15.3. The van der Waals surface area contributed by atoms with E-state index in [1.807, 2.05) is 17.9 Å². The molecular formula is C25H30F3N3O. The van der Waals surface area contributed by atoms with Crippen molar-refractivity contribution in [2.45, 2.75) is 58.3 Å². The number of amides is 1. The van der Waals surface area contributed by atoms with Crippen molar-refractivity contribution in [1.29, 1.82) is 0 Å². The SMILES string of the molecule is CCCC(=O)N1Cc2ccccc2CC2(CCN(Cc3ccc(C(F)(F)F)nc3)CC2)C1. The van der Waals surface area contributed by atoms with E-state index in [1.54, 1.807) is 0 Å². The Balaban J connectivity index is 1.45. The Kier molecular flexibility index (Phi) is 6.56. The summed E-state index contributed by atoms with van der Waals surface area (Å²) < 4.78 is 38.3. The van der Waals surface area contributed by atoms with Gasteiger partial charge in [-0.3, -0.25) is 14.7 Å². The number of halogens is 3. The smallest absolute Gasteiger partial charge is 0.338 e. The predicted molar refractivity (Wildman–Crippen MR) is 117 cm³/mol. The van der Waals surface area contributed by atoms with E-state index in [1.165, 1.54) is 23.4 Å². The van der Waals surface area contributed by atoms with E-state index < -0.39 is 11.9 Å². The lowest BCUT2D eigenvalue weighted by atomic mass is 9.73. The average Bonchev–Trinajstić information content (AvgIpc) is 2.92. The van der Waals surface area contributed by atoms with Crippen LogP contribution in [0.5, 0.6) is 0 Å². The molecule has 0 atom stereocenters. The minimum atomic E-state index is -4.41. The molecular weight excluding hydrogens is 415 g/mol. The van der Waals surface area contributed by atoms with Gasteiger partial charge in [0.05, 0.1) is 0 Å². The second kappa shape index (κ2) is 9.22. The van der Waals surface area contributed by atoms with E-state index in [0.29, 0.717) is 19.5 Å². The van der Waals surface area contributed by atoms with Crippen molar-refractivity contribution >= 4 is 5.91 Å². The minimum Gasteiger partial charge on any atom is -0.338 e. The van der Waals surface area contributed by atoms with Crippen molar-refractivity contribution in [1.82, 2.24) is 14.8 Å². The highest BCUT2D eigenvalue weighted by Gasteiger charge is 2.40. The van der Waals surface area contributed by atoms with Crippen LogP contribution in [0.2, 0.25) is 0 Å². The molecule has 2 aliphatic heterocycles. The third-order valence-corrected chi connectivity index (χ3v) is 6.83. The molecule has 172 valence electrons. The van der Waals surface area contributed by atoms with E-state index in [4.69, 9.17) is 0 Å². The van der Waals surface area contributed by atoms with Crippen LogP contribution in [0.4, 0.5) is 13.2 Å². The highest BCUT2D eigenvalue weighted by Crippen LogP contribution is 2.40. The summed E-state index contributed by atoms with van der Waals surface area (Å²) in [5.41, 5.74) is 2.56. The van der Waals surface area contributed by atoms with Gasteiger partial charge in [0.2, 0.25) is 5.91 Å². The fourth-order valence-electron chi connectivity index (χ4n) is 5.02. The van der Waals surface area contributed by atoms with E-state index in [2.05, 4.69) is 28.1 Å². The van der Waals surface area contributed by atoms with Crippen molar-refractivity contribution in [2.24, 2.45) is 5.41 Å². The van der Waals surface area contributed by atoms with Crippen molar-refractivity contribution in [2.75, 3.05) is 19.6 Å². The van der Waals surface area contributed by atoms with Crippen molar-refractivity contribution in [3.63, 3.8) is 0 Å². The number of hydrogen-bond donors (Lipinski definition) is 0. The highest BCUT2D eigenvalue weighted by atomic mass is 19.4. The van der Waals surface area contributed by atoms with Gasteiger partial charge in [-0.05, 0) is 66.9 Å². The third-order valence-electron chi connectivity index (χ3n) is 6.83. The molecule has 1 spiro atoms. The van der Waals surface area contributed by atoms with Gasteiger partial charge in [-0.2, -0.15) is 13.2 Å². The van der Waals surface area contributed by atoms with E-state index in [0.717, 1.165) is 56.9 Å². The third kappa shape index (κ3) is 5.14. The first kappa shape index (κ1) is 22.8. The number of hydrogen-bond acceptors (Lipinski definition) is 3. The zero-order valence-corrected chi connectivity index (χ0v) is 18.5. The molecule has 0 unspecified atom stereocenters. The molecule has 1 amide bonds. The van der Waals surface area contributed by atoms with Crippen LogP contribution in [0.3, 0.4) is 0 Å². The zero-order chi connectivity index (χ0) is 22.8. The number of alkyl halides is 3. The van der Waals surface area contributed by atoms with Crippen LogP contribution in [0, 0.1) is 5.41 Å². The fraction of sp³-hybridized carbons (Fsp3) is 0.520. The lowest BCUT2D eigenvalue weighted by Crippen LogP contribution is -2.47. The van der Waals surface area contributed by atoms with Gasteiger partial charge in [-0.1, -0.05) is 37.3 Å². The van der Waals surface area contributed by atoms with Gasteiger partial charge in [0.15, 0.2) is 0 Å². The Morgan fingerprint density at radius 3 is 2.44 bits per heavy atom. The topological polar surface area (TPSA) is 36.4 Å². The number of carbonyl (C=O) groups is 1. The molecule has 0 bridgehead atoms. The van der Waals surface area contributed by atoms with Crippen LogP contribution in [0.15, 0.2) is 42.6 Å². The number of rotatable bonds is 4. The van der Waals surface area contributed by atoms with Crippen LogP contribution in [-0.2, 0) is 30.5 Å². The van der Waals surface area contributed by atoms with Gasteiger partial charge >= 0.3 is 6.18 Å². The lowest BCUT2D eigenvalue weighted by Gasteiger charge is -2.43. The monoisotopic (exact) mass is 445 g/mol. The summed E-state index contributed by atoms with van der Waals surface area (Å²) in [6.45, 7) is 5.80. The largest absolute Gasteiger partial charge is 0.433 e. The molecule has 0 N–H and O–H groups in total. The van der Waals surface area contributed by atoms with Gasteiger partial charge in [-0.25, -0.2) is 0 Å². The summed E-state index contributed by atoms with van der Waals surface area (Å²) in [5, 5.41) is 0. The molecule has 0 aliphatic carbocycles. The van der Waals surface area contributed by atoms with Gasteiger partial charge in [0.1, 0.15) is 5.69 Å². The molecule has 0 radical (unpaired) electrons. The van der Waals surface area contributed by atoms with Gasteiger partial charge < -0.3 is 4.90 Å². The normalized spacial score (nSPS) is 18.9. The number of nitrogens with zero attached hydrogens (tertiary/aromatic N) is 3. The number of piperidine rings is 1. The lowest BCUT2D eigenvalue weighted by molar-refractivity contribution is -0.141. The summed E-state index contributed by atoms with van der Waals surface area (Å²) in [6, 6.07) is 11.0. The summed E-state index contributed by atoms with van der Waals surface area (Å²) in [7, 11) is 0. The molecule has 1 aromatic carbocycles. The van der Waals surface area contributed by atoms with Crippen molar-refractivity contribution < 1.29 is 18.0 Å². The summed E-state index contributed by atoms with van der Waals surface area (Å²) >= 11 is 0. The maximum Gasteiger partial charge on any atom is 0.433 e. The van der Waals surface area contributed by atoms with Gasteiger partial charge in [0.25, 0.3) is 0 Å². The Labute approximate surface area is 187 Å². The number of benzene rings is 1. The molecule has 4 rings (SSSR count). The van der Waals surface area contributed by atoms with E-state index in [-0.39, 0.29) is 11.3 Å². The van der Waals surface area contributed by atoms with E-state index >= 15 is 0 Å². The van der Waals surface area contributed by atoms with Crippen LogP contribution < -0.4 is 0 Å². The molecule has 1 saturated heterocycles. The maximum atomic E-state index is 12.8. The fourth-order valence-corrected chi connectivity index (χ4v) is 5.02. The van der Waals surface area contributed by atoms with Crippen LogP contribution >= 0.6 is 0 Å². The second-order valence-corrected chi connectivity index (χ2v) is 9.27. The van der Waals surface area contributed by atoms with Crippen LogP contribution in [0.1, 0.15) is 55.0 Å². The van der Waals surface area contributed by atoms with Gasteiger partial charge in [-0.15, -0.1) is 0 Å². The summed E-state index contributed by atoms with van der Waals surface area (Å²) in [4.78, 5) is 20.7. The Morgan fingerprint density at radius 2 is 1.81 bits per heavy atom. The molecule has 32 heavy (non-hydrogen) atoms. The Morgan fingerprint density at radius 1 is 1.09 bits per heavy atom. The molecule has 7 heteroatoms. The highest BCUT2D eigenvalue weighted by molar-refractivity contribution is 5.76. The molecule has 0 saturated carbocycles. The first-order valence-corrected chi connectivity index (χ1v) is 11.4. The summed E-state index contributed by atoms with van der Waals surface area (Å²) in [6.07, 6.45) is 1.24. The molecule has 3 heterocycles. The zero-order valence-electron chi connectivity index (χ0n) is 18.5. The number of carbonyl (C=O) groups excluding carboxylic acids is 1. The van der Waals surface area contributed by atoms with Crippen LogP contribution in [-0.4, -0.2) is 40.3 Å². The number of aromatic nitrogens is 1. The number of fused-ring (bicyclic) bond motifs is 1. The molecule has 4 nitrogen and oxygen atoms in total. The number of likely N-dealkylation sites (tertiary alicyclic amines) is 1. The number of pyridine rings is 1. The first-order valence-electron chi connectivity index (χ1n) is 11.4. The molecule has 1 fully saturated rings. The van der Waals surface area contributed by atoms with Gasteiger partial charge in [0, 0.05) is 32.3 Å². The summed E-state index contributed by atoms with van der Waals surface area (Å²) in [5.74, 6) is 0.224. The Bertz CT molecular complexity index is 934. The molecule has 2 aromatic rings. The van der Waals surface area contributed by atoms with Crippen molar-refractivity contribution in [3.05, 3.63) is 65.0 Å². The molecule has 2 aliphatic rings. The second-order valence-electron chi connectivity index (χ2n) is 9.27. The van der Waals surface area contributed by atoms with E-state index in [9.17, 15) is 18.0 Å². The average molecular weight is 446 g/mol. The van der Waals surface area contributed by atoms with Crippen molar-refractivity contribution in [3.8, 4) is 0 Å². The quantitative estimate of drug-likeness (QED) is 0.660. The van der Waals surface area contributed by atoms with Crippen LogP contribution in [0.25, 0.3) is 0 Å². The minimum absolute atomic E-state index is 0.0465. The standard InChI is InChI=1S/C25H30F3N3O/c1-2-5-23(32)31-17-21-7-4-3-6-20(21)14-24(18-31)10-12-30(13-11-24)16-19-8-9-22(29-15-19)25(26,27)28/h3-4,6-9,15H,2,5,10-14,16-18H2,1H3. The molecule has 1 aromatic heterocycles. The predicted octanol–water partition coefficient (Wildman–Crippen LogP) is 5.07. The maximum absolute atomic E-state index is 12.8. The Hall–Kier alpha value is -2.41.